The zero-order chi connectivity index (χ0) is 20.5. The SMILES string of the molecule is CCC(C)c1ccc(OC(C)OCCCc2cccc(C3CCCCC3)c2)cc1. The van der Waals surface area contributed by atoms with Crippen LogP contribution in [0.15, 0.2) is 48.5 Å². The van der Waals surface area contributed by atoms with Crippen LogP contribution in [0.5, 0.6) is 5.75 Å². The maximum Gasteiger partial charge on any atom is 0.196 e. The predicted molar refractivity (Wildman–Crippen MR) is 122 cm³/mol. The maximum absolute atomic E-state index is 5.91. The molecule has 2 aromatic carbocycles. The molecule has 0 N–H and O–H groups in total. The lowest BCUT2D eigenvalue weighted by Gasteiger charge is -2.22. The Morgan fingerprint density at radius 1 is 0.966 bits per heavy atom. The summed E-state index contributed by atoms with van der Waals surface area (Å²) in [6, 6.07) is 17.7. The minimum Gasteiger partial charge on any atom is -0.465 e. The molecular formula is C27H38O2. The molecule has 0 aromatic heterocycles. The van der Waals surface area contributed by atoms with Crippen molar-refractivity contribution in [1.82, 2.24) is 0 Å². The molecule has 3 rings (SSSR count). The van der Waals surface area contributed by atoms with E-state index >= 15 is 0 Å². The molecule has 2 aromatic rings. The third kappa shape index (κ3) is 6.89. The van der Waals surface area contributed by atoms with Crippen molar-refractivity contribution in [3.8, 4) is 5.75 Å². The number of ether oxygens (including phenoxy) is 2. The molecular weight excluding hydrogens is 356 g/mol. The molecule has 0 spiro atoms. The summed E-state index contributed by atoms with van der Waals surface area (Å²) in [5.41, 5.74) is 4.34. The molecule has 0 radical (unpaired) electrons. The van der Waals surface area contributed by atoms with Crippen molar-refractivity contribution < 1.29 is 9.47 Å². The molecule has 2 nitrogen and oxygen atoms in total. The van der Waals surface area contributed by atoms with E-state index in [-0.39, 0.29) is 6.29 Å². The van der Waals surface area contributed by atoms with Crippen molar-refractivity contribution in [1.29, 1.82) is 0 Å². The molecule has 0 saturated heterocycles. The molecule has 0 aliphatic heterocycles. The highest BCUT2D eigenvalue weighted by Crippen LogP contribution is 2.33. The summed E-state index contributed by atoms with van der Waals surface area (Å²) in [5.74, 6) is 2.25. The Balaban J connectivity index is 1.39. The zero-order valence-corrected chi connectivity index (χ0v) is 18.5. The first-order valence-corrected chi connectivity index (χ1v) is 11.6. The topological polar surface area (TPSA) is 18.5 Å². The van der Waals surface area contributed by atoms with Gasteiger partial charge >= 0.3 is 0 Å². The van der Waals surface area contributed by atoms with Gasteiger partial charge in [-0.15, -0.1) is 0 Å². The molecule has 0 heterocycles. The standard InChI is InChI=1S/C27H38O2/c1-4-21(2)24-15-17-27(18-16-24)29-22(3)28-19-9-11-23-10-8-14-26(20-23)25-12-6-5-7-13-25/h8,10,14-18,20-22,25H,4-7,9,11-13,19H2,1-3H3. The van der Waals surface area contributed by atoms with Crippen LogP contribution in [0.4, 0.5) is 0 Å². The number of hydrogen-bond acceptors (Lipinski definition) is 2. The minimum absolute atomic E-state index is 0.224. The fourth-order valence-electron chi connectivity index (χ4n) is 4.30. The summed E-state index contributed by atoms with van der Waals surface area (Å²) in [4.78, 5) is 0. The summed E-state index contributed by atoms with van der Waals surface area (Å²) in [7, 11) is 0. The number of aryl methyl sites for hydroxylation is 1. The van der Waals surface area contributed by atoms with Crippen LogP contribution < -0.4 is 4.74 Å². The van der Waals surface area contributed by atoms with Gasteiger partial charge < -0.3 is 9.47 Å². The van der Waals surface area contributed by atoms with Crippen LogP contribution in [0, 0.1) is 0 Å². The van der Waals surface area contributed by atoms with E-state index in [9.17, 15) is 0 Å². The molecule has 158 valence electrons. The van der Waals surface area contributed by atoms with E-state index < -0.39 is 0 Å². The summed E-state index contributed by atoms with van der Waals surface area (Å²) in [5, 5.41) is 0. The van der Waals surface area contributed by atoms with Crippen LogP contribution in [0.1, 0.15) is 94.2 Å². The third-order valence-corrected chi connectivity index (χ3v) is 6.35. The Morgan fingerprint density at radius 3 is 2.45 bits per heavy atom. The van der Waals surface area contributed by atoms with Gasteiger partial charge in [0.1, 0.15) is 5.75 Å². The smallest absolute Gasteiger partial charge is 0.196 e. The molecule has 1 aliphatic rings. The van der Waals surface area contributed by atoms with Crippen LogP contribution in [-0.2, 0) is 11.2 Å². The van der Waals surface area contributed by atoms with E-state index in [1.54, 1.807) is 5.56 Å². The van der Waals surface area contributed by atoms with Crippen molar-refractivity contribution in [2.24, 2.45) is 0 Å². The second-order valence-electron chi connectivity index (χ2n) is 8.62. The average molecular weight is 395 g/mol. The van der Waals surface area contributed by atoms with Gasteiger partial charge in [0, 0.05) is 0 Å². The number of benzene rings is 2. The Bertz CT molecular complexity index is 716. The van der Waals surface area contributed by atoms with E-state index in [0.29, 0.717) is 5.92 Å². The lowest BCUT2D eigenvalue weighted by molar-refractivity contribution is -0.0672. The fourth-order valence-corrected chi connectivity index (χ4v) is 4.30. The first-order valence-electron chi connectivity index (χ1n) is 11.6. The summed E-state index contributed by atoms with van der Waals surface area (Å²) >= 11 is 0. The summed E-state index contributed by atoms with van der Waals surface area (Å²) in [6.45, 7) is 7.18. The fraction of sp³-hybridized carbons (Fsp3) is 0.556. The van der Waals surface area contributed by atoms with Gasteiger partial charge in [-0.05, 0) is 79.7 Å². The normalized spacial score (nSPS) is 17.1. The monoisotopic (exact) mass is 394 g/mol. The second-order valence-corrected chi connectivity index (χ2v) is 8.62. The number of rotatable bonds is 10. The largest absolute Gasteiger partial charge is 0.465 e. The van der Waals surface area contributed by atoms with Crippen LogP contribution in [0.2, 0.25) is 0 Å². The molecule has 2 unspecified atom stereocenters. The predicted octanol–water partition coefficient (Wildman–Crippen LogP) is 7.62. The van der Waals surface area contributed by atoms with Crippen LogP contribution >= 0.6 is 0 Å². The van der Waals surface area contributed by atoms with Gasteiger partial charge in [-0.1, -0.05) is 69.5 Å². The van der Waals surface area contributed by atoms with Crippen molar-refractivity contribution >= 4 is 0 Å². The van der Waals surface area contributed by atoms with E-state index in [0.717, 1.165) is 37.5 Å². The molecule has 0 amide bonds. The van der Waals surface area contributed by atoms with Gasteiger partial charge in [0.25, 0.3) is 0 Å². The van der Waals surface area contributed by atoms with Gasteiger partial charge in [0.05, 0.1) is 6.61 Å². The molecule has 1 aliphatic carbocycles. The van der Waals surface area contributed by atoms with E-state index in [4.69, 9.17) is 9.47 Å². The highest BCUT2D eigenvalue weighted by molar-refractivity contribution is 5.29. The van der Waals surface area contributed by atoms with Crippen molar-refractivity contribution in [2.45, 2.75) is 90.3 Å². The van der Waals surface area contributed by atoms with E-state index in [2.05, 4.69) is 62.4 Å². The molecule has 0 bridgehead atoms. The summed E-state index contributed by atoms with van der Waals surface area (Å²) in [6.07, 6.45) is 9.93. The van der Waals surface area contributed by atoms with Gasteiger partial charge in [0.15, 0.2) is 6.29 Å². The number of hydrogen-bond donors (Lipinski definition) is 0. The van der Waals surface area contributed by atoms with Crippen molar-refractivity contribution in [3.63, 3.8) is 0 Å². The van der Waals surface area contributed by atoms with Crippen molar-refractivity contribution in [2.75, 3.05) is 6.61 Å². The quantitative estimate of drug-likeness (QED) is 0.305. The lowest BCUT2D eigenvalue weighted by Crippen LogP contribution is -2.17. The molecule has 2 heteroatoms. The van der Waals surface area contributed by atoms with E-state index in [1.165, 1.54) is 43.2 Å². The highest BCUT2D eigenvalue weighted by Gasteiger charge is 2.15. The van der Waals surface area contributed by atoms with Crippen LogP contribution in [0.3, 0.4) is 0 Å². The lowest BCUT2D eigenvalue weighted by atomic mass is 9.83. The minimum atomic E-state index is -0.224. The average Bonchev–Trinajstić information content (AvgIpc) is 2.77. The Kier molecular flexibility index (Phi) is 8.61. The van der Waals surface area contributed by atoms with Crippen LogP contribution in [-0.4, -0.2) is 12.9 Å². The van der Waals surface area contributed by atoms with Crippen molar-refractivity contribution in [3.05, 3.63) is 65.2 Å². The maximum atomic E-state index is 5.91. The molecule has 29 heavy (non-hydrogen) atoms. The Morgan fingerprint density at radius 2 is 1.72 bits per heavy atom. The second kappa shape index (κ2) is 11.4. The van der Waals surface area contributed by atoms with E-state index in [1.807, 2.05) is 6.92 Å². The molecule has 2 atom stereocenters. The molecule has 1 saturated carbocycles. The Hall–Kier alpha value is -1.80. The zero-order valence-electron chi connectivity index (χ0n) is 18.5. The highest BCUT2D eigenvalue weighted by atomic mass is 16.7. The van der Waals surface area contributed by atoms with Gasteiger partial charge in [-0.3, -0.25) is 0 Å². The summed E-state index contributed by atoms with van der Waals surface area (Å²) < 4.78 is 11.8. The van der Waals surface area contributed by atoms with Gasteiger partial charge in [-0.2, -0.15) is 0 Å². The first kappa shape index (κ1) is 21.9. The van der Waals surface area contributed by atoms with Crippen LogP contribution in [0.25, 0.3) is 0 Å². The third-order valence-electron chi connectivity index (χ3n) is 6.35. The Labute approximate surface area is 177 Å². The first-order chi connectivity index (χ1) is 14.2. The van der Waals surface area contributed by atoms with Gasteiger partial charge in [-0.25, -0.2) is 0 Å². The molecule has 1 fully saturated rings. The van der Waals surface area contributed by atoms with Gasteiger partial charge in [0.2, 0.25) is 0 Å².